The maximum absolute atomic E-state index is 12.8. The van der Waals surface area contributed by atoms with Gasteiger partial charge in [-0.1, -0.05) is 30.3 Å². The number of hydrogen-bond acceptors (Lipinski definition) is 3. The molecule has 0 fully saturated rings. The number of hydrazone groups is 1. The van der Waals surface area contributed by atoms with E-state index >= 15 is 0 Å². The molecule has 0 bridgehead atoms. The molecule has 0 unspecified atom stereocenters. The lowest BCUT2D eigenvalue weighted by molar-refractivity contribution is -0.137. The van der Waals surface area contributed by atoms with E-state index in [1.807, 2.05) is 37.3 Å². The SMILES string of the molecule is CCOc1ccc(/C=N/NC(=O)c2cccc(C(F)(F)F)c2)c2ccccc12. The number of carbonyl (C=O) groups is 1. The van der Waals surface area contributed by atoms with Crippen molar-refractivity contribution >= 4 is 22.9 Å². The van der Waals surface area contributed by atoms with Crippen LogP contribution in [0.3, 0.4) is 0 Å². The lowest BCUT2D eigenvalue weighted by Crippen LogP contribution is -2.18. The number of alkyl halides is 3. The van der Waals surface area contributed by atoms with Crippen LogP contribution in [0.4, 0.5) is 13.2 Å². The van der Waals surface area contributed by atoms with Crippen molar-refractivity contribution in [3.63, 3.8) is 0 Å². The third kappa shape index (κ3) is 4.31. The van der Waals surface area contributed by atoms with Crippen LogP contribution in [0.25, 0.3) is 10.8 Å². The lowest BCUT2D eigenvalue weighted by atomic mass is 10.0. The van der Waals surface area contributed by atoms with Crippen LogP contribution in [0.5, 0.6) is 5.75 Å². The highest BCUT2D eigenvalue weighted by molar-refractivity contribution is 6.03. The summed E-state index contributed by atoms with van der Waals surface area (Å²) in [5.74, 6) is 0.0147. The molecular weight excluding hydrogens is 369 g/mol. The number of rotatable bonds is 5. The Bertz CT molecular complexity index is 1030. The first kappa shape index (κ1) is 19.4. The molecule has 1 amide bonds. The Morgan fingerprint density at radius 1 is 1.07 bits per heavy atom. The van der Waals surface area contributed by atoms with Gasteiger partial charge in [-0.3, -0.25) is 4.79 Å². The predicted molar refractivity (Wildman–Crippen MR) is 102 cm³/mol. The Hall–Kier alpha value is -3.35. The van der Waals surface area contributed by atoms with Crippen molar-refractivity contribution in [2.75, 3.05) is 6.61 Å². The number of carbonyl (C=O) groups excluding carboxylic acids is 1. The number of ether oxygens (including phenoxy) is 1. The van der Waals surface area contributed by atoms with E-state index in [2.05, 4.69) is 10.5 Å². The van der Waals surface area contributed by atoms with E-state index in [0.29, 0.717) is 6.61 Å². The fraction of sp³-hybridized carbons (Fsp3) is 0.143. The molecular formula is C21H17F3N2O2. The molecule has 0 aromatic heterocycles. The van der Waals surface area contributed by atoms with Crippen molar-refractivity contribution < 1.29 is 22.7 Å². The van der Waals surface area contributed by atoms with E-state index in [4.69, 9.17) is 4.74 Å². The molecule has 0 spiro atoms. The minimum absolute atomic E-state index is 0.122. The third-order valence-corrected chi connectivity index (χ3v) is 4.04. The molecule has 0 aliphatic rings. The van der Waals surface area contributed by atoms with Crippen LogP contribution in [0.15, 0.2) is 65.8 Å². The predicted octanol–water partition coefficient (Wildman–Crippen LogP) is 5.02. The highest BCUT2D eigenvalue weighted by atomic mass is 19.4. The summed E-state index contributed by atoms with van der Waals surface area (Å²) in [6.07, 6.45) is -3.07. The highest BCUT2D eigenvalue weighted by Crippen LogP contribution is 2.30. The fourth-order valence-corrected chi connectivity index (χ4v) is 2.75. The van der Waals surface area contributed by atoms with E-state index in [-0.39, 0.29) is 5.56 Å². The number of amides is 1. The van der Waals surface area contributed by atoms with Gasteiger partial charge in [-0.15, -0.1) is 0 Å². The van der Waals surface area contributed by atoms with Crippen LogP contribution in [0.1, 0.15) is 28.4 Å². The smallest absolute Gasteiger partial charge is 0.416 e. The highest BCUT2D eigenvalue weighted by Gasteiger charge is 2.30. The molecule has 3 aromatic rings. The summed E-state index contributed by atoms with van der Waals surface area (Å²) in [5.41, 5.74) is 1.99. The van der Waals surface area contributed by atoms with E-state index in [9.17, 15) is 18.0 Å². The number of nitrogens with one attached hydrogen (secondary N) is 1. The third-order valence-electron chi connectivity index (χ3n) is 4.04. The standard InChI is InChI=1S/C21H17F3N2O2/c1-2-28-19-11-10-15(17-8-3-4-9-18(17)19)13-25-26-20(27)14-6-5-7-16(12-14)21(22,23)24/h3-13H,2H2,1H3,(H,26,27)/b25-13+. The van der Waals surface area contributed by atoms with Gasteiger partial charge in [0.1, 0.15) is 5.75 Å². The zero-order chi connectivity index (χ0) is 20.1. The first-order valence-corrected chi connectivity index (χ1v) is 8.55. The van der Waals surface area contributed by atoms with Crippen LogP contribution in [0, 0.1) is 0 Å². The molecule has 0 aliphatic heterocycles. The van der Waals surface area contributed by atoms with Gasteiger partial charge >= 0.3 is 6.18 Å². The Balaban J connectivity index is 1.80. The fourth-order valence-electron chi connectivity index (χ4n) is 2.75. The molecule has 0 saturated heterocycles. The number of benzene rings is 3. The second kappa shape index (κ2) is 8.12. The quantitative estimate of drug-likeness (QED) is 0.494. The van der Waals surface area contributed by atoms with Crippen molar-refractivity contribution in [1.82, 2.24) is 5.43 Å². The first-order valence-electron chi connectivity index (χ1n) is 8.55. The Morgan fingerprint density at radius 3 is 2.54 bits per heavy atom. The Morgan fingerprint density at radius 2 is 1.82 bits per heavy atom. The molecule has 4 nitrogen and oxygen atoms in total. The lowest BCUT2D eigenvalue weighted by Gasteiger charge is -2.09. The summed E-state index contributed by atoms with van der Waals surface area (Å²) in [5, 5.41) is 5.67. The van der Waals surface area contributed by atoms with Crippen LogP contribution in [-0.2, 0) is 6.18 Å². The van der Waals surface area contributed by atoms with E-state index in [0.717, 1.165) is 34.2 Å². The number of nitrogens with zero attached hydrogens (tertiary/aromatic N) is 1. The van der Waals surface area contributed by atoms with Crippen molar-refractivity contribution in [3.05, 3.63) is 77.4 Å². The van der Waals surface area contributed by atoms with Gasteiger partial charge in [0.05, 0.1) is 18.4 Å². The second-order valence-corrected chi connectivity index (χ2v) is 5.91. The number of fused-ring (bicyclic) bond motifs is 1. The Labute approximate surface area is 159 Å². The van der Waals surface area contributed by atoms with Crippen LogP contribution in [-0.4, -0.2) is 18.7 Å². The Kier molecular flexibility index (Phi) is 5.63. The minimum atomic E-state index is -4.51. The number of halogens is 3. The second-order valence-electron chi connectivity index (χ2n) is 5.91. The molecule has 0 heterocycles. The first-order chi connectivity index (χ1) is 13.4. The summed E-state index contributed by atoms with van der Waals surface area (Å²) >= 11 is 0. The van der Waals surface area contributed by atoms with Gasteiger partial charge in [-0.05, 0) is 42.6 Å². The molecule has 3 aromatic carbocycles. The minimum Gasteiger partial charge on any atom is -0.493 e. The maximum atomic E-state index is 12.8. The zero-order valence-corrected chi connectivity index (χ0v) is 15.0. The summed E-state index contributed by atoms with van der Waals surface area (Å²) in [6, 6.07) is 15.4. The van der Waals surface area contributed by atoms with Gasteiger partial charge in [0, 0.05) is 16.5 Å². The van der Waals surface area contributed by atoms with E-state index in [1.54, 1.807) is 6.07 Å². The van der Waals surface area contributed by atoms with Gasteiger partial charge in [0.15, 0.2) is 0 Å². The van der Waals surface area contributed by atoms with Crippen molar-refractivity contribution in [2.24, 2.45) is 5.10 Å². The molecule has 144 valence electrons. The van der Waals surface area contributed by atoms with Gasteiger partial charge in [-0.25, -0.2) is 5.43 Å². The average molecular weight is 386 g/mol. The van der Waals surface area contributed by atoms with Gasteiger partial charge in [0.2, 0.25) is 0 Å². The molecule has 1 N–H and O–H groups in total. The summed E-state index contributed by atoms with van der Waals surface area (Å²) in [6.45, 7) is 2.43. The molecule has 0 atom stereocenters. The van der Waals surface area contributed by atoms with Gasteiger partial charge in [0.25, 0.3) is 5.91 Å². The molecule has 0 radical (unpaired) electrons. The summed E-state index contributed by atoms with van der Waals surface area (Å²) in [4.78, 5) is 12.1. The van der Waals surface area contributed by atoms with Crippen molar-refractivity contribution in [3.8, 4) is 5.75 Å². The monoisotopic (exact) mass is 386 g/mol. The zero-order valence-electron chi connectivity index (χ0n) is 15.0. The molecule has 3 rings (SSSR count). The van der Waals surface area contributed by atoms with Gasteiger partial charge in [-0.2, -0.15) is 18.3 Å². The van der Waals surface area contributed by atoms with Crippen molar-refractivity contribution in [2.45, 2.75) is 13.1 Å². The van der Waals surface area contributed by atoms with Crippen LogP contribution < -0.4 is 10.2 Å². The summed E-state index contributed by atoms with van der Waals surface area (Å²) in [7, 11) is 0. The molecule has 28 heavy (non-hydrogen) atoms. The van der Waals surface area contributed by atoms with Crippen LogP contribution in [0.2, 0.25) is 0 Å². The molecule has 0 aliphatic carbocycles. The van der Waals surface area contributed by atoms with Crippen molar-refractivity contribution in [1.29, 1.82) is 0 Å². The summed E-state index contributed by atoms with van der Waals surface area (Å²) < 4.78 is 43.9. The average Bonchev–Trinajstić information content (AvgIpc) is 2.69. The number of hydrogen-bond donors (Lipinski definition) is 1. The maximum Gasteiger partial charge on any atom is 0.416 e. The van der Waals surface area contributed by atoms with Crippen LogP contribution >= 0.6 is 0 Å². The van der Waals surface area contributed by atoms with Gasteiger partial charge < -0.3 is 4.74 Å². The van der Waals surface area contributed by atoms with E-state index < -0.39 is 17.6 Å². The van der Waals surface area contributed by atoms with E-state index in [1.165, 1.54) is 18.3 Å². The largest absolute Gasteiger partial charge is 0.493 e. The topological polar surface area (TPSA) is 50.7 Å². The molecule has 0 saturated carbocycles. The normalized spacial score (nSPS) is 11.7. The molecule has 7 heteroatoms.